The van der Waals surface area contributed by atoms with E-state index in [0.29, 0.717) is 12.8 Å². The van der Waals surface area contributed by atoms with E-state index in [-0.39, 0.29) is 48.5 Å². The Bertz CT molecular complexity index is 1620. The molecular weight excluding hydrogens is 611 g/mol. The molecule has 0 spiro atoms. The van der Waals surface area contributed by atoms with Crippen molar-refractivity contribution in [1.82, 2.24) is 25.3 Å². The number of carbonyl (C=O) groups excluding carboxylic acids is 1. The molecule has 0 fully saturated rings. The lowest BCUT2D eigenvalue weighted by Crippen LogP contribution is -2.36. The molecular formula is C33H43N5O5S2. The molecule has 2 aliphatic rings. The minimum absolute atomic E-state index is 0.0845. The molecule has 12 heteroatoms. The molecule has 10 nitrogen and oxygen atoms in total. The summed E-state index contributed by atoms with van der Waals surface area (Å²) in [5.41, 5.74) is 8.40. The Morgan fingerprint density at radius 1 is 1.20 bits per heavy atom. The molecule has 2 atom stereocenters. The van der Waals surface area contributed by atoms with Gasteiger partial charge in [0.25, 0.3) is 0 Å². The third-order valence-electron chi connectivity index (χ3n) is 8.55. The Morgan fingerprint density at radius 3 is 2.69 bits per heavy atom. The maximum Gasteiger partial charge on any atom is 0.312 e. The van der Waals surface area contributed by atoms with Gasteiger partial charge in [0.2, 0.25) is 15.9 Å². The lowest BCUT2D eigenvalue weighted by Gasteiger charge is -2.32. The van der Waals surface area contributed by atoms with Crippen LogP contribution in [0.5, 0.6) is 5.88 Å². The number of esters is 1. The Balaban J connectivity index is 1.42. The second-order valence-electron chi connectivity index (χ2n) is 12.0. The number of benzene rings is 1. The second kappa shape index (κ2) is 13.9. The number of nitrogens with zero attached hydrogens (tertiary/aromatic N) is 3. The number of thiophene rings is 1. The topological polar surface area (TPSA) is 113 Å². The first-order valence-corrected chi connectivity index (χ1v) is 17.7. The van der Waals surface area contributed by atoms with Gasteiger partial charge in [-0.3, -0.25) is 9.80 Å². The smallest absolute Gasteiger partial charge is 0.312 e. The third kappa shape index (κ3) is 7.35. The van der Waals surface area contributed by atoms with Crippen molar-refractivity contribution in [3.8, 4) is 5.88 Å². The van der Waals surface area contributed by atoms with Gasteiger partial charge in [-0.05, 0) is 76.3 Å². The van der Waals surface area contributed by atoms with E-state index in [0.717, 1.165) is 39.5 Å². The van der Waals surface area contributed by atoms with Crippen LogP contribution in [0.4, 0.5) is 0 Å². The fraction of sp³-hybridized carbons (Fsp3) is 0.455. The summed E-state index contributed by atoms with van der Waals surface area (Å²) in [5.74, 6) is -0.293. The zero-order valence-electron chi connectivity index (χ0n) is 26.6. The average Bonchev–Trinajstić information content (AvgIpc) is 3.62. The second-order valence-corrected chi connectivity index (χ2v) is 15.2. The molecule has 0 radical (unpaired) electrons. The van der Waals surface area contributed by atoms with Gasteiger partial charge in [0.15, 0.2) is 0 Å². The van der Waals surface area contributed by atoms with Gasteiger partial charge in [0.1, 0.15) is 17.6 Å². The van der Waals surface area contributed by atoms with Crippen molar-refractivity contribution in [3.63, 3.8) is 0 Å². The van der Waals surface area contributed by atoms with Gasteiger partial charge in [-0.25, -0.2) is 13.4 Å². The molecule has 4 heterocycles. The van der Waals surface area contributed by atoms with Crippen LogP contribution >= 0.6 is 11.3 Å². The van der Waals surface area contributed by atoms with Crippen LogP contribution in [0.25, 0.3) is 0 Å². The van der Waals surface area contributed by atoms with Crippen LogP contribution in [0.15, 0.2) is 71.5 Å². The first kappa shape index (κ1) is 32.9. The van der Waals surface area contributed by atoms with Gasteiger partial charge in [0, 0.05) is 46.9 Å². The van der Waals surface area contributed by atoms with Crippen LogP contribution in [0, 0.1) is 12.3 Å². The minimum Gasteiger partial charge on any atom is -0.472 e. The zero-order chi connectivity index (χ0) is 32.2. The van der Waals surface area contributed by atoms with Gasteiger partial charge in [-0.15, -0.1) is 16.9 Å². The number of ether oxygens (including phenoxy) is 2. The molecule has 2 N–H and O–H groups in total. The highest BCUT2D eigenvalue weighted by molar-refractivity contribution is 7.89. The molecule has 2 aliphatic heterocycles. The highest BCUT2D eigenvalue weighted by atomic mass is 32.2. The van der Waals surface area contributed by atoms with Crippen molar-refractivity contribution < 1.29 is 22.7 Å². The van der Waals surface area contributed by atoms with Crippen LogP contribution in [-0.2, 0) is 32.7 Å². The van der Waals surface area contributed by atoms with Crippen LogP contribution in [0.3, 0.4) is 0 Å². The Hall–Kier alpha value is -3.45. The Kier molecular flexibility index (Phi) is 10.2. The van der Waals surface area contributed by atoms with Gasteiger partial charge >= 0.3 is 5.97 Å². The molecule has 0 bridgehead atoms. The normalized spacial score (nSPS) is 18.7. The number of pyridine rings is 1. The van der Waals surface area contributed by atoms with E-state index < -0.39 is 15.4 Å². The number of fused-ring (bicyclic) bond motifs is 1. The summed E-state index contributed by atoms with van der Waals surface area (Å²) in [6, 6.07) is 14.9. The Morgan fingerprint density at radius 2 is 1.98 bits per heavy atom. The van der Waals surface area contributed by atoms with E-state index in [4.69, 9.17) is 9.47 Å². The number of rotatable bonds is 12. The molecule has 0 saturated carbocycles. The van der Waals surface area contributed by atoms with Crippen molar-refractivity contribution in [1.29, 1.82) is 0 Å². The Labute approximate surface area is 270 Å². The molecule has 5 rings (SSSR count). The largest absolute Gasteiger partial charge is 0.472 e. The SMILES string of the molecule is CC[C@@H]1CN(Cc2cc([C@H](CCC3=CN(CC)NN3)C(C)(C)C(=O)OCc3ccccc3)sc2C)S(=O)(=O)c2cccnc2O1. The van der Waals surface area contributed by atoms with E-state index in [1.165, 1.54) is 4.31 Å². The number of aromatic nitrogens is 1. The quantitative estimate of drug-likeness (QED) is 0.240. The van der Waals surface area contributed by atoms with Crippen LogP contribution in [0.2, 0.25) is 0 Å². The van der Waals surface area contributed by atoms with E-state index >= 15 is 0 Å². The van der Waals surface area contributed by atoms with Crippen molar-refractivity contribution in [3.05, 3.63) is 87.5 Å². The molecule has 0 unspecified atom stereocenters. The number of sulfonamides is 1. The standard InChI is InChI=1S/C33H43N5O5S2/c1-6-27-21-38(45(40,41)30-14-11-17-34-31(30)43-27)19-25-18-29(44-23(25)3)28(16-15-26-20-37(7-2)36-35-26)33(4,5)32(39)42-22-24-12-9-8-10-13-24/h8-14,17-18,20,27-28,35-36H,6-7,15-16,19,21-22H2,1-5H3/t27-,28+/m1/s1. The van der Waals surface area contributed by atoms with E-state index in [1.54, 1.807) is 29.7 Å². The predicted molar refractivity (Wildman–Crippen MR) is 174 cm³/mol. The summed E-state index contributed by atoms with van der Waals surface area (Å²) < 4.78 is 41.0. The highest BCUT2D eigenvalue weighted by Gasteiger charge is 2.41. The molecule has 0 aliphatic carbocycles. The lowest BCUT2D eigenvalue weighted by atomic mass is 9.75. The number of hydrogen-bond donors (Lipinski definition) is 2. The van der Waals surface area contributed by atoms with E-state index in [1.807, 2.05) is 69.2 Å². The van der Waals surface area contributed by atoms with Crippen LogP contribution in [-0.4, -0.2) is 47.9 Å². The van der Waals surface area contributed by atoms with Gasteiger partial charge in [0.05, 0.1) is 12.0 Å². The first-order valence-electron chi connectivity index (χ1n) is 15.4. The number of allylic oxidation sites excluding steroid dienone is 1. The summed E-state index contributed by atoms with van der Waals surface area (Å²) in [6.07, 6.45) is 5.33. The molecule has 3 aromatic rings. The van der Waals surface area contributed by atoms with Crippen molar-refractivity contribution in [2.45, 2.75) is 84.0 Å². The minimum atomic E-state index is -3.84. The van der Waals surface area contributed by atoms with Gasteiger partial charge in [-0.2, -0.15) is 4.31 Å². The fourth-order valence-electron chi connectivity index (χ4n) is 5.65. The van der Waals surface area contributed by atoms with Crippen LogP contribution in [0.1, 0.15) is 73.8 Å². The average molecular weight is 654 g/mol. The lowest BCUT2D eigenvalue weighted by molar-refractivity contribution is -0.156. The number of hydrazine groups is 2. The molecule has 0 amide bonds. The summed E-state index contributed by atoms with van der Waals surface area (Å²) in [6.45, 7) is 11.4. The van der Waals surface area contributed by atoms with Crippen molar-refractivity contribution >= 4 is 27.3 Å². The predicted octanol–water partition coefficient (Wildman–Crippen LogP) is 5.63. The monoisotopic (exact) mass is 653 g/mol. The number of aryl methyl sites for hydroxylation is 1. The summed E-state index contributed by atoms with van der Waals surface area (Å²) in [7, 11) is -3.84. The molecule has 1 aromatic carbocycles. The third-order valence-corrected chi connectivity index (χ3v) is 11.6. The molecule has 2 aromatic heterocycles. The van der Waals surface area contributed by atoms with Gasteiger partial charge < -0.3 is 14.9 Å². The van der Waals surface area contributed by atoms with Crippen molar-refractivity contribution in [2.75, 3.05) is 13.1 Å². The zero-order valence-corrected chi connectivity index (χ0v) is 28.2. The maximum absolute atomic E-state index is 13.8. The number of carbonyl (C=O) groups is 1. The van der Waals surface area contributed by atoms with E-state index in [9.17, 15) is 13.2 Å². The van der Waals surface area contributed by atoms with E-state index in [2.05, 4.69) is 28.9 Å². The van der Waals surface area contributed by atoms with Gasteiger partial charge in [-0.1, -0.05) is 37.3 Å². The highest BCUT2D eigenvalue weighted by Crippen LogP contribution is 2.45. The molecule has 242 valence electrons. The summed E-state index contributed by atoms with van der Waals surface area (Å²) in [4.78, 5) is 20.0. The molecule has 45 heavy (non-hydrogen) atoms. The maximum atomic E-state index is 13.8. The molecule has 0 saturated heterocycles. The van der Waals surface area contributed by atoms with Crippen LogP contribution < -0.4 is 15.7 Å². The van der Waals surface area contributed by atoms with Crippen molar-refractivity contribution in [2.24, 2.45) is 5.41 Å². The summed E-state index contributed by atoms with van der Waals surface area (Å²) in [5, 5.41) is 1.97. The fourth-order valence-corrected chi connectivity index (χ4v) is 8.54. The summed E-state index contributed by atoms with van der Waals surface area (Å²) >= 11 is 1.62. The number of hydrogen-bond acceptors (Lipinski definition) is 10. The first-order chi connectivity index (χ1) is 21.5. The number of nitrogens with one attached hydrogen (secondary N) is 2.